The van der Waals surface area contributed by atoms with Crippen LogP contribution in [0.5, 0.6) is 0 Å². The molecule has 0 aliphatic carbocycles. The molecule has 29 heavy (non-hydrogen) atoms. The fourth-order valence-electron chi connectivity index (χ4n) is 2.93. The molecular weight excluding hydrogens is 367 g/mol. The number of aromatic nitrogens is 3. The highest BCUT2D eigenvalue weighted by Gasteiger charge is 2.06. The van der Waals surface area contributed by atoms with Crippen molar-refractivity contribution in [3.05, 3.63) is 89.1 Å². The molecule has 0 saturated carbocycles. The molecule has 0 bridgehead atoms. The van der Waals surface area contributed by atoms with Gasteiger partial charge in [0, 0.05) is 29.3 Å². The largest absolute Gasteiger partial charge is 0.326 e. The molecule has 0 radical (unpaired) electrons. The number of aliphatic imine (C=N–C) groups is 1. The van der Waals surface area contributed by atoms with Crippen LogP contribution in [0.3, 0.4) is 0 Å². The number of pyridine rings is 1. The highest BCUT2D eigenvalue weighted by atomic mass is 19.1. The number of fused-ring (bicyclic) bond motifs is 1. The van der Waals surface area contributed by atoms with Crippen molar-refractivity contribution in [2.45, 2.75) is 6.42 Å². The molecule has 2 aromatic carbocycles. The molecule has 0 saturated heterocycles. The van der Waals surface area contributed by atoms with E-state index in [4.69, 9.17) is 10.7 Å². The van der Waals surface area contributed by atoms with Crippen LogP contribution < -0.4 is 0 Å². The van der Waals surface area contributed by atoms with Crippen molar-refractivity contribution in [3.63, 3.8) is 0 Å². The fourth-order valence-corrected chi connectivity index (χ4v) is 2.93. The minimum absolute atomic E-state index is 0.0216. The maximum atomic E-state index is 13.7. The van der Waals surface area contributed by atoms with Crippen LogP contribution in [0.1, 0.15) is 22.4 Å². The van der Waals surface area contributed by atoms with Crippen molar-refractivity contribution in [1.82, 2.24) is 15.0 Å². The monoisotopic (exact) mass is 382 g/mol. The van der Waals surface area contributed by atoms with Crippen LogP contribution in [0.4, 0.5) is 10.3 Å². The van der Waals surface area contributed by atoms with Gasteiger partial charge in [-0.25, -0.2) is 14.4 Å². The molecule has 2 aromatic heterocycles. The first-order valence-electron chi connectivity index (χ1n) is 8.82. The van der Waals surface area contributed by atoms with Gasteiger partial charge in [0.2, 0.25) is 5.95 Å². The number of aromatic amines is 1. The van der Waals surface area contributed by atoms with E-state index in [0.717, 1.165) is 28.2 Å². The second-order valence-electron chi connectivity index (χ2n) is 6.42. The smallest absolute Gasteiger partial charge is 0.227 e. The Kier molecular flexibility index (Phi) is 4.91. The van der Waals surface area contributed by atoms with E-state index in [9.17, 15) is 4.39 Å². The first kappa shape index (κ1) is 18.2. The van der Waals surface area contributed by atoms with Crippen LogP contribution in [-0.2, 0) is 6.42 Å². The Morgan fingerprint density at radius 2 is 2.10 bits per heavy atom. The SMILES string of the molecule is N#Cc1ccc(C(=N)/C=N\c2ncc(Cc3ccc4ncccc4c3)[nH]2)cc1F. The van der Waals surface area contributed by atoms with Crippen LogP contribution in [-0.4, -0.2) is 26.9 Å². The average Bonchev–Trinajstić information content (AvgIpc) is 3.19. The van der Waals surface area contributed by atoms with E-state index < -0.39 is 5.82 Å². The summed E-state index contributed by atoms with van der Waals surface area (Å²) in [7, 11) is 0. The molecule has 140 valence electrons. The lowest BCUT2D eigenvalue weighted by Crippen LogP contribution is -2.01. The van der Waals surface area contributed by atoms with E-state index in [2.05, 4.69) is 26.0 Å². The van der Waals surface area contributed by atoms with Crippen molar-refractivity contribution >= 4 is 28.8 Å². The molecule has 2 N–H and O–H groups in total. The summed E-state index contributed by atoms with van der Waals surface area (Å²) in [5, 5.41) is 17.9. The zero-order valence-corrected chi connectivity index (χ0v) is 15.2. The molecule has 0 spiro atoms. The van der Waals surface area contributed by atoms with E-state index in [1.165, 1.54) is 18.3 Å². The molecule has 4 aromatic rings. The molecule has 2 heterocycles. The van der Waals surface area contributed by atoms with Crippen molar-refractivity contribution in [2.24, 2.45) is 4.99 Å². The summed E-state index contributed by atoms with van der Waals surface area (Å²) in [4.78, 5) is 15.8. The van der Waals surface area contributed by atoms with Crippen LogP contribution in [0.15, 0.2) is 65.9 Å². The van der Waals surface area contributed by atoms with Gasteiger partial charge in [-0.2, -0.15) is 5.26 Å². The Labute approximate surface area is 165 Å². The van der Waals surface area contributed by atoms with Gasteiger partial charge in [0.15, 0.2) is 0 Å². The number of H-pyrrole nitrogens is 1. The maximum Gasteiger partial charge on any atom is 0.227 e. The van der Waals surface area contributed by atoms with Gasteiger partial charge in [0.05, 0.1) is 29.2 Å². The Hall–Kier alpha value is -4.18. The lowest BCUT2D eigenvalue weighted by molar-refractivity contribution is 0.623. The maximum absolute atomic E-state index is 13.7. The fraction of sp³-hybridized carbons (Fsp3) is 0.0455. The molecule has 0 aliphatic rings. The number of nitrogens with one attached hydrogen (secondary N) is 2. The number of imidazole rings is 1. The van der Waals surface area contributed by atoms with Crippen LogP contribution >= 0.6 is 0 Å². The Morgan fingerprint density at radius 1 is 1.21 bits per heavy atom. The summed E-state index contributed by atoms with van der Waals surface area (Å²) in [6.45, 7) is 0. The van der Waals surface area contributed by atoms with Gasteiger partial charge >= 0.3 is 0 Å². The summed E-state index contributed by atoms with van der Waals surface area (Å²) in [5.74, 6) is -0.296. The van der Waals surface area contributed by atoms with Gasteiger partial charge in [-0.15, -0.1) is 0 Å². The molecule has 6 nitrogen and oxygen atoms in total. The zero-order valence-electron chi connectivity index (χ0n) is 15.2. The second kappa shape index (κ2) is 7.82. The number of nitriles is 1. The summed E-state index contributed by atoms with van der Waals surface area (Å²) in [6.07, 6.45) is 5.42. The normalized spacial score (nSPS) is 11.0. The predicted molar refractivity (Wildman–Crippen MR) is 109 cm³/mol. The Morgan fingerprint density at radius 3 is 2.93 bits per heavy atom. The third kappa shape index (κ3) is 4.06. The van der Waals surface area contributed by atoms with Crippen LogP contribution in [0.2, 0.25) is 0 Å². The first-order chi connectivity index (χ1) is 14.1. The molecule has 4 rings (SSSR count). The zero-order chi connectivity index (χ0) is 20.2. The van der Waals surface area contributed by atoms with Gasteiger partial charge in [0.1, 0.15) is 11.9 Å². The first-order valence-corrected chi connectivity index (χ1v) is 8.82. The third-order valence-electron chi connectivity index (χ3n) is 4.39. The molecule has 7 heteroatoms. The quantitative estimate of drug-likeness (QED) is 0.502. The minimum atomic E-state index is -0.658. The van der Waals surface area contributed by atoms with Crippen molar-refractivity contribution in [1.29, 1.82) is 10.7 Å². The predicted octanol–water partition coefficient (Wildman–Crippen LogP) is 4.33. The third-order valence-corrected chi connectivity index (χ3v) is 4.39. The number of benzene rings is 2. The van der Waals surface area contributed by atoms with Gasteiger partial charge in [-0.3, -0.25) is 10.4 Å². The molecule has 0 fully saturated rings. The average molecular weight is 382 g/mol. The molecule has 0 aliphatic heterocycles. The van der Waals surface area contributed by atoms with Crippen LogP contribution in [0, 0.1) is 22.6 Å². The van der Waals surface area contributed by atoms with Gasteiger partial charge in [-0.1, -0.05) is 18.2 Å². The van der Waals surface area contributed by atoms with Gasteiger partial charge in [-0.05, 0) is 35.9 Å². The number of rotatable bonds is 5. The number of nitrogens with zero attached hydrogens (tertiary/aromatic N) is 4. The van der Waals surface area contributed by atoms with Gasteiger partial charge < -0.3 is 4.98 Å². The Bertz CT molecular complexity index is 1280. The number of hydrogen-bond acceptors (Lipinski definition) is 5. The number of halogens is 1. The van der Waals surface area contributed by atoms with E-state index in [1.807, 2.05) is 24.3 Å². The standard InChI is InChI=1S/C22H15FN6/c23-19-10-15(4-5-17(19)11-24)20(25)13-28-22-27-12-18(29-22)9-14-3-6-21-16(8-14)2-1-7-26-21/h1-8,10,12-13,25H,9H2,(H,27,29)/b25-20?,28-13-. The molecular formula is C22H15FN6. The van der Waals surface area contributed by atoms with Crippen molar-refractivity contribution in [3.8, 4) is 6.07 Å². The summed E-state index contributed by atoms with van der Waals surface area (Å²) < 4.78 is 13.7. The van der Waals surface area contributed by atoms with Crippen LogP contribution in [0.25, 0.3) is 10.9 Å². The molecule has 0 unspecified atom stereocenters. The van der Waals surface area contributed by atoms with Gasteiger partial charge in [0.25, 0.3) is 0 Å². The van der Waals surface area contributed by atoms with E-state index in [-0.39, 0.29) is 11.3 Å². The summed E-state index contributed by atoms with van der Waals surface area (Å²) >= 11 is 0. The number of hydrogen-bond donors (Lipinski definition) is 2. The lowest BCUT2D eigenvalue weighted by Gasteiger charge is -2.01. The second-order valence-corrected chi connectivity index (χ2v) is 6.42. The van der Waals surface area contributed by atoms with E-state index in [1.54, 1.807) is 18.5 Å². The molecule has 0 atom stereocenters. The van der Waals surface area contributed by atoms with Crippen molar-refractivity contribution in [2.75, 3.05) is 0 Å². The minimum Gasteiger partial charge on any atom is -0.326 e. The topological polar surface area (TPSA) is 102 Å². The Balaban J connectivity index is 1.46. The van der Waals surface area contributed by atoms with E-state index >= 15 is 0 Å². The summed E-state index contributed by atoms with van der Waals surface area (Å²) in [5.41, 5.74) is 3.25. The summed E-state index contributed by atoms with van der Waals surface area (Å²) in [6, 6.07) is 15.8. The van der Waals surface area contributed by atoms with Crippen molar-refractivity contribution < 1.29 is 4.39 Å². The highest BCUT2D eigenvalue weighted by molar-refractivity contribution is 6.37. The highest BCUT2D eigenvalue weighted by Crippen LogP contribution is 2.17. The molecule has 0 amide bonds. The van der Waals surface area contributed by atoms with E-state index in [0.29, 0.717) is 17.9 Å². The lowest BCUT2D eigenvalue weighted by atomic mass is 10.1.